The second-order valence-corrected chi connectivity index (χ2v) is 5.11. The minimum absolute atomic E-state index is 0.0851. The van der Waals surface area contributed by atoms with E-state index in [-0.39, 0.29) is 12.6 Å². The van der Waals surface area contributed by atoms with E-state index in [4.69, 9.17) is 9.84 Å². The van der Waals surface area contributed by atoms with Crippen LogP contribution in [-0.2, 0) is 9.53 Å². The summed E-state index contributed by atoms with van der Waals surface area (Å²) in [6.07, 6.45) is 2.09. The van der Waals surface area contributed by atoms with Gasteiger partial charge in [-0.25, -0.2) is 0 Å². The molecule has 0 fully saturated rings. The Bertz CT molecular complexity index is 205. The van der Waals surface area contributed by atoms with Crippen molar-refractivity contribution < 1.29 is 14.6 Å². The van der Waals surface area contributed by atoms with E-state index in [2.05, 4.69) is 26.1 Å². The van der Waals surface area contributed by atoms with E-state index in [0.717, 1.165) is 12.3 Å². The van der Waals surface area contributed by atoms with E-state index in [1.165, 1.54) is 6.42 Å². The minimum atomic E-state index is -0.586. The van der Waals surface area contributed by atoms with Crippen LogP contribution in [0.1, 0.15) is 47.0 Å². The van der Waals surface area contributed by atoms with Gasteiger partial charge in [0.25, 0.3) is 0 Å². The summed E-state index contributed by atoms with van der Waals surface area (Å²) in [7, 11) is 0. The molecule has 0 aliphatic rings. The molecule has 102 valence electrons. The summed E-state index contributed by atoms with van der Waals surface area (Å²) in [4.78, 5) is 11.2. The lowest BCUT2D eigenvalue weighted by atomic mass is 10.0. The highest BCUT2D eigenvalue weighted by Gasteiger charge is 2.07. The van der Waals surface area contributed by atoms with Crippen LogP contribution < -0.4 is 5.32 Å². The summed E-state index contributed by atoms with van der Waals surface area (Å²) in [5, 5.41) is 12.2. The van der Waals surface area contributed by atoms with Gasteiger partial charge in [-0.1, -0.05) is 13.8 Å². The third kappa shape index (κ3) is 11.6. The maximum atomic E-state index is 11.2. The van der Waals surface area contributed by atoms with Crippen LogP contribution in [0.2, 0.25) is 0 Å². The zero-order valence-electron chi connectivity index (χ0n) is 11.5. The molecule has 0 aromatic heterocycles. The van der Waals surface area contributed by atoms with E-state index >= 15 is 0 Å². The van der Waals surface area contributed by atoms with Crippen molar-refractivity contribution in [3.8, 4) is 0 Å². The van der Waals surface area contributed by atoms with Crippen molar-refractivity contribution >= 4 is 5.97 Å². The Morgan fingerprint density at radius 1 is 1.24 bits per heavy atom. The van der Waals surface area contributed by atoms with Crippen LogP contribution >= 0.6 is 0 Å². The second kappa shape index (κ2) is 9.42. The molecule has 0 aromatic rings. The van der Waals surface area contributed by atoms with Crippen LogP contribution in [0.25, 0.3) is 0 Å². The molecule has 0 rings (SSSR count). The number of aliphatic hydroxyl groups excluding tert-OH is 1. The molecule has 4 nitrogen and oxygen atoms in total. The van der Waals surface area contributed by atoms with Crippen LogP contribution in [0.3, 0.4) is 0 Å². The van der Waals surface area contributed by atoms with Gasteiger partial charge in [0.2, 0.25) is 0 Å². The number of hydrogen-bond donors (Lipinski definition) is 2. The van der Waals surface area contributed by atoms with E-state index < -0.39 is 6.10 Å². The fourth-order valence-corrected chi connectivity index (χ4v) is 1.39. The Labute approximate surface area is 105 Å². The molecular formula is C13H27NO3. The van der Waals surface area contributed by atoms with E-state index in [0.29, 0.717) is 19.0 Å². The van der Waals surface area contributed by atoms with E-state index in [9.17, 15) is 4.79 Å². The number of nitrogens with one attached hydrogen (secondary N) is 1. The van der Waals surface area contributed by atoms with Crippen molar-refractivity contribution in [2.45, 2.75) is 59.1 Å². The smallest absolute Gasteiger partial charge is 0.307 e. The lowest BCUT2D eigenvalue weighted by Crippen LogP contribution is -2.29. The lowest BCUT2D eigenvalue weighted by molar-refractivity contribution is -0.146. The maximum absolute atomic E-state index is 11.2. The Morgan fingerprint density at radius 2 is 1.88 bits per heavy atom. The number of carbonyl (C=O) groups excluding carboxylic acids is 1. The molecule has 0 aliphatic carbocycles. The van der Waals surface area contributed by atoms with Crippen molar-refractivity contribution in [3.63, 3.8) is 0 Å². The highest BCUT2D eigenvalue weighted by Crippen LogP contribution is 2.06. The summed E-state index contributed by atoms with van der Waals surface area (Å²) >= 11 is 0. The predicted molar refractivity (Wildman–Crippen MR) is 68.8 cm³/mol. The number of hydrogen-bond acceptors (Lipinski definition) is 4. The molecule has 0 radical (unpaired) electrons. The van der Waals surface area contributed by atoms with Gasteiger partial charge >= 0.3 is 5.97 Å². The molecule has 0 heterocycles. The number of aliphatic hydroxyl groups is 1. The number of ether oxygens (including phenoxy) is 1. The van der Waals surface area contributed by atoms with Crippen LogP contribution in [0.4, 0.5) is 0 Å². The first-order chi connectivity index (χ1) is 7.91. The molecule has 0 amide bonds. The zero-order valence-corrected chi connectivity index (χ0v) is 11.5. The molecule has 0 saturated heterocycles. The standard InChI is InChI=1S/C13H27NO3/c1-10(2)5-6-11(3)14-8-7-13(16)17-9-12(4)15/h10-12,14-15H,5-9H2,1-4H3. The highest BCUT2D eigenvalue weighted by molar-refractivity contribution is 5.69. The third-order valence-electron chi connectivity index (χ3n) is 2.48. The topological polar surface area (TPSA) is 58.6 Å². The van der Waals surface area contributed by atoms with Gasteiger partial charge in [0, 0.05) is 12.6 Å². The van der Waals surface area contributed by atoms with Crippen LogP contribution in [0.5, 0.6) is 0 Å². The van der Waals surface area contributed by atoms with Crippen molar-refractivity contribution in [2.24, 2.45) is 5.92 Å². The van der Waals surface area contributed by atoms with Gasteiger partial charge < -0.3 is 15.2 Å². The fourth-order valence-electron chi connectivity index (χ4n) is 1.39. The molecule has 2 N–H and O–H groups in total. The molecule has 0 aromatic carbocycles. The van der Waals surface area contributed by atoms with Gasteiger partial charge in [0.05, 0.1) is 12.5 Å². The summed E-state index contributed by atoms with van der Waals surface area (Å²) in [5.41, 5.74) is 0. The molecule has 2 unspecified atom stereocenters. The minimum Gasteiger partial charge on any atom is -0.463 e. The average Bonchev–Trinajstić information content (AvgIpc) is 2.23. The van der Waals surface area contributed by atoms with Crippen LogP contribution in [0.15, 0.2) is 0 Å². The first kappa shape index (κ1) is 16.4. The van der Waals surface area contributed by atoms with Crippen molar-refractivity contribution in [1.82, 2.24) is 5.32 Å². The average molecular weight is 245 g/mol. The highest BCUT2D eigenvalue weighted by atomic mass is 16.5. The Hall–Kier alpha value is -0.610. The first-order valence-corrected chi connectivity index (χ1v) is 6.49. The summed E-state index contributed by atoms with van der Waals surface area (Å²) in [5.74, 6) is 0.463. The van der Waals surface area contributed by atoms with Crippen LogP contribution in [0, 0.1) is 5.92 Å². The molecular weight excluding hydrogens is 218 g/mol. The Balaban J connectivity index is 3.45. The molecule has 0 saturated carbocycles. The Kier molecular flexibility index (Phi) is 9.09. The van der Waals surface area contributed by atoms with Gasteiger partial charge in [0.15, 0.2) is 0 Å². The molecule has 2 atom stereocenters. The molecule has 0 bridgehead atoms. The van der Waals surface area contributed by atoms with E-state index in [1.807, 2.05) is 0 Å². The molecule has 4 heteroatoms. The zero-order chi connectivity index (χ0) is 13.3. The van der Waals surface area contributed by atoms with E-state index in [1.54, 1.807) is 6.92 Å². The SMILES string of the molecule is CC(C)CCC(C)NCCC(=O)OCC(C)O. The van der Waals surface area contributed by atoms with Crippen LogP contribution in [-0.4, -0.2) is 36.4 Å². The first-order valence-electron chi connectivity index (χ1n) is 6.49. The van der Waals surface area contributed by atoms with Gasteiger partial charge in [0.1, 0.15) is 6.61 Å². The van der Waals surface area contributed by atoms with Crippen molar-refractivity contribution in [2.75, 3.05) is 13.2 Å². The summed E-state index contributed by atoms with van der Waals surface area (Å²) in [6, 6.07) is 0.432. The molecule has 0 spiro atoms. The number of rotatable bonds is 9. The lowest BCUT2D eigenvalue weighted by Gasteiger charge is -2.14. The predicted octanol–water partition coefficient (Wildman–Crippen LogP) is 1.71. The molecule has 0 aliphatic heterocycles. The number of carbonyl (C=O) groups is 1. The van der Waals surface area contributed by atoms with Gasteiger partial charge in [-0.3, -0.25) is 4.79 Å². The quantitative estimate of drug-likeness (QED) is 0.607. The van der Waals surface area contributed by atoms with Gasteiger partial charge in [-0.15, -0.1) is 0 Å². The normalized spacial score (nSPS) is 14.7. The summed E-state index contributed by atoms with van der Waals surface area (Å²) < 4.78 is 4.85. The largest absolute Gasteiger partial charge is 0.463 e. The van der Waals surface area contributed by atoms with Crippen molar-refractivity contribution in [3.05, 3.63) is 0 Å². The van der Waals surface area contributed by atoms with Gasteiger partial charge in [-0.2, -0.15) is 0 Å². The molecule has 17 heavy (non-hydrogen) atoms. The monoisotopic (exact) mass is 245 g/mol. The number of esters is 1. The second-order valence-electron chi connectivity index (χ2n) is 5.11. The summed E-state index contributed by atoms with van der Waals surface area (Å²) in [6.45, 7) is 8.86. The fraction of sp³-hybridized carbons (Fsp3) is 0.923. The van der Waals surface area contributed by atoms with Gasteiger partial charge in [-0.05, 0) is 32.6 Å². The maximum Gasteiger partial charge on any atom is 0.307 e. The van der Waals surface area contributed by atoms with Crippen molar-refractivity contribution in [1.29, 1.82) is 0 Å². The Morgan fingerprint density at radius 3 is 2.41 bits per heavy atom. The third-order valence-corrected chi connectivity index (χ3v) is 2.48.